The molecule has 136 valence electrons. The Bertz CT molecular complexity index is 957. The molecule has 0 aliphatic carbocycles. The molecule has 3 aromatic rings. The highest BCUT2D eigenvalue weighted by atomic mass is 32.2. The fourth-order valence-electron chi connectivity index (χ4n) is 2.30. The molecule has 3 N–H and O–H groups in total. The van der Waals surface area contributed by atoms with E-state index in [9.17, 15) is 8.42 Å². The molecule has 3 rings (SSSR count). The minimum Gasteiger partial charge on any atom is -0.486 e. The average Bonchev–Trinajstić information content (AvgIpc) is 3.06. The molecule has 9 heteroatoms. The van der Waals surface area contributed by atoms with E-state index in [4.69, 9.17) is 10.5 Å². The predicted octanol–water partition coefficient (Wildman–Crippen LogP) is 2.74. The van der Waals surface area contributed by atoms with Crippen molar-refractivity contribution < 1.29 is 13.2 Å². The number of anilines is 1. The highest BCUT2D eigenvalue weighted by Gasteiger charge is 2.18. The highest BCUT2D eigenvalue weighted by molar-refractivity contribution is 7.89. The fourth-order valence-corrected chi connectivity index (χ4v) is 4.05. The normalized spacial score (nSPS) is 12.7. The van der Waals surface area contributed by atoms with E-state index in [1.807, 2.05) is 30.3 Å². The highest BCUT2D eigenvalue weighted by Crippen LogP contribution is 2.21. The second kappa shape index (κ2) is 7.81. The summed E-state index contributed by atoms with van der Waals surface area (Å²) in [6, 6.07) is 15.3. The van der Waals surface area contributed by atoms with Crippen molar-refractivity contribution in [1.29, 1.82) is 0 Å². The number of aromatic nitrogens is 2. The van der Waals surface area contributed by atoms with E-state index < -0.39 is 10.0 Å². The molecule has 7 nitrogen and oxygen atoms in total. The van der Waals surface area contributed by atoms with Crippen LogP contribution in [0.1, 0.15) is 23.5 Å². The van der Waals surface area contributed by atoms with E-state index in [2.05, 4.69) is 14.9 Å². The lowest BCUT2D eigenvalue weighted by Gasteiger charge is -2.15. The third-order valence-corrected chi connectivity index (χ3v) is 5.89. The first kappa shape index (κ1) is 18.3. The van der Waals surface area contributed by atoms with E-state index in [-0.39, 0.29) is 17.5 Å². The summed E-state index contributed by atoms with van der Waals surface area (Å²) in [6.45, 7) is 2.03. The third kappa shape index (κ3) is 4.57. The molecular weight excluding hydrogens is 372 g/mol. The summed E-state index contributed by atoms with van der Waals surface area (Å²) in [6.07, 6.45) is 0. The van der Waals surface area contributed by atoms with Gasteiger partial charge in [0.2, 0.25) is 15.2 Å². The maximum Gasteiger partial charge on any atom is 0.241 e. The molecule has 0 saturated carbocycles. The van der Waals surface area contributed by atoms with Gasteiger partial charge in [0.25, 0.3) is 0 Å². The standard InChI is InChI=1S/C17H18N4O3S2/c1-12(13-5-3-2-4-6-13)21-26(22,23)15-9-7-14(8-10-15)24-11-16-19-20-17(18)25-16/h2-10,12,21H,11H2,1H3,(H2,18,20)/t12-/m0/s1. The van der Waals surface area contributed by atoms with E-state index in [0.29, 0.717) is 15.9 Å². The van der Waals surface area contributed by atoms with Gasteiger partial charge in [0.05, 0.1) is 4.90 Å². The van der Waals surface area contributed by atoms with Crippen LogP contribution < -0.4 is 15.2 Å². The van der Waals surface area contributed by atoms with Gasteiger partial charge < -0.3 is 10.5 Å². The molecule has 0 bridgehead atoms. The molecule has 1 aromatic heterocycles. The summed E-state index contributed by atoms with van der Waals surface area (Å²) in [7, 11) is -3.63. The van der Waals surface area contributed by atoms with Crippen molar-refractivity contribution in [3.05, 3.63) is 65.2 Å². The van der Waals surface area contributed by atoms with Gasteiger partial charge in [-0.25, -0.2) is 13.1 Å². The van der Waals surface area contributed by atoms with Crippen molar-refractivity contribution in [3.8, 4) is 5.75 Å². The van der Waals surface area contributed by atoms with Crippen LogP contribution in [0.4, 0.5) is 5.13 Å². The van der Waals surface area contributed by atoms with Crippen LogP contribution in [-0.4, -0.2) is 18.6 Å². The van der Waals surface area contributed by atoms with E-state index in [0.717, 1.165) is 5.56 Å². The molecule has 0 aliphatic rings. The molecule has 1 atom stereocenters. The van der Waals surface area contributed by atoms with Crippen LogP contribution in [0.5, 0.6) is 5.75 Å². The monoisotopic (exact) mass is 390 g/mol. The first-order valence-corrected chi connectivity index (χ1v) is 10.1. The Labute approximate surface area is 155 Å². The van der Waals surface area contributed by atoms with E-state index in [1.165, 1.54) is 23.5 Å². The summed E-state index contributed by atoms with van der Waals surface area (Å²) in [5, 5.41) is 8.60. The van der Waals surface area contributed by atoms with Gasteiger partial charge in [-0.3, -0.25) is 0 Å². The van der Waals surface area contributed by atoms with Gasteiger partial charge in [0.1, 0.15) is 12.4 Å². The topological polar surface area (TPSA) is 107 Å². The molecule has 0 saturated heterocycles. The molecule has 0 radical (unpaired) electrons. The van der Waals surface area contributed by atoms with Crippen molar-refractivity contribution in [1.82, 2.24) is 14.9 Å². The Morgan fingerprint density at radius 1 is 1.12 bits per heavy atom. The molecule has 0 aliphatic heterocycles. The van der Waals surface area contributed by atoms with Crippen LogP contribution in [0.3, 0.4) is 0 Å². The summed E-state index contributed by atoms with van der Waals surface area (Å²) in [5.41, 5.74) is 6.41. The minimum absolute atomic E-state index is 0.174. The summed E-state index contributed by atoms with van der Waals surface area (Å²) < 4.78 is 33.3. The van der Waals surface area contributed by atoms with Gasteiger partial charge in [-0.05, 0) is 36.8 Å². The number of ether oxygens (including phenoxy) is 1. The number of benzene rings is 2. The second-order valence-electron chi connectivity index (χ2n) is 5.55. The van der Waals surface area contributed by atoms with E-state index >= 15 is 0 Å². The lowest BCUT2D eigenvalue weighted by atomic mass is 10.1. The number of hydrogen-bond acceptors (Lipinski definition) is 7. The Kier molecular flexibility index (Phi) is 5.50. The number of sulfonamides is 1. The SMILES string of the molecule is C[C@H](NS(=O)(=O)c1ccc(OCc2nnc(N)s2)cc1)c1ccccc1. The Hall–Kier alpha value is -2.49. The Morgan fingerprint density at radius 3 is 2.42 bits per heavy atom. The Balaban J connectivity index is 1.64. The molecule has 0 spiro atoms. The molecular formula is C17H18N4O3S2. The lowest BCUT2D eigenvalue weighted by molar-refractivity contribution is 0.304. The molecule has 1 heterocycles. The number of hydrogen-bond donors (Lipinski definition) is 2. The zero-order valence-electron chi connectivity index (χ0n) is 14.0. The number of nitrogen functional groups attached to an aromatic ring is 1. The van der Waals surface area contributed by atoms with Crippen molar-refractivity contribution in [2.45, 2.75) is 24.5 Å². The van der Waals surface area contributed by atoms with Crippen molar-refractivity contribution in [2.24, 2.45) is 0 Å². The van der Waals surface area contributed by atoms with Gasteiger partial charge in [0, 0.05) is 6.04 Å². The van der Waals surface area contributed by atoms with Crippen LogP contribution in [0, 0.1) is 0 Å². The smallest absolute Gasteiger partial charge is 0.241 e. The maximum absolute atomic E-state index is 12.5. The molecule has 0 unspecified atom stereocenters. The fraction of sp³-hybridized carbons (Fsp3) is 0.176. The van der Waals surface area contributed by atoms with Gasteiger partial charge in [0.15, 0.2) is 5.01 Å². The average molecular weight is 390 g/mol. The maximum atomic E-state index is 12.5. The van der Waals surface area contributed by atoms with E-state index in [1.54, 1.807) is 19.1 Å². The summed E-state index contributed by atoms with van der Waals surface area (Å²) in [5.74, 6) is 0.536. The first-order chi connectivity index (χ1) is 12.4. The zero-order chi connectivity index (χ0) is 18.6. The van der Waals surface area contributed by atoms with Crippen molar-refractivity contribution in [3.63, 3.8) is 0 Å². The number of nitrogens with zero attached hydrogens (tertiary/aromatic N) is 2. The minimum atomic E-state index is -3.63. The summed E-state index contributed by atoms with van der Waals surface area (Å²) in [4.78, 5) is 0.174. The quantitative estimate of drug-likeness (QED) is 0.642. The van der Waals surface area contributed by atoms with Crippen molar-refractivity contribution in [2.75, 3.05) is 5.73 Å². The Morgan fingerprint density at radius 2 is 1.81 bits per heavy atom. The molecule has 0 amide bonds. The predicted molar refractivity (Wildman–Crippen MR) is 100 cm³/mol. The first-order valence-electron chi connectivity index (χ1n) is 7.82. The van der Waals surface area contributed by atoms with Gasteiger partial charge >= 0.3 is 0 Å². The van der Waals surface area contributed by atoms with Crippen LogP contribution >= 0.6 is 11.3 Å². The molecule has 26 heavy (non-hydrogen) atoms. The van der Waals surface area contributed by atoms with Crippen LogP contribution in [0.15, 0.2) is 59.5 Å². The number of nitrogens with one attached hydrogen (secondary N) is 1. The van der Waals surface area contributed by atoms with Gasteiger partial charge in [-0.15, -0.1) is 10.2 Å². The second-order valence-corrected chi connectivity index (χ2v) is 8.36. The molecule has 2 aromatic carbocycles. The lowest BCUT2D eigenvalue weighted by Crippen LogP contribution is -2.26. The summed E-state index contributed by atoms with van der Waals surface area (Å²) >= 11 is 1.24. The number of rotatable bonds is 7. The van der Waals surface area contributed by atoms with Crippen LogP contribution in [0.2, 0.25) is 0 Å². The zero-order valence-corrected chi connectivity index (χ0v) is 15.6. The van der Waals surface area contributed by atoms with Gasteiger partial charge in [-0.2, -0.15) is 0 Å². The van der Waals surface area contributed by atoms with Crippen LogP contribution in [0.25, 0.3) is 0 Å². The third-order valence-electron chi connectivity index (χ3n) is 3.61. The van der Waals surface area contributed by atoms with Crippen molar-refractivity contribution >= 4 is 26.5 Å². The van der Waals surface area contributed by atoms with Gasteiger partial charge in [-0.1, -0.05) is 41.7 Å². The van der Waals surface area contributed by atoms with Crippen LogP contribution in [-0.2, 0) is 16.6 Å². The largest absolute Gasteiger partial charge is 0.486 e. The number of nitrogens with two attached hydrogens (primary N) is 1. The molecule has 0 fully saturated rings.